The topological polar surface area (TPSA) is 50.9 Å². The molecule has 1 rings (SSSR count). The minimum atomic E-state index is 0.604. The van der Waals surface area contributed by atoms with Crippen molar-refractivity contribution in [1.82, 2.24) is 4.98 Å². The molecule has 0 amide bonds. The Hall–Kier alpha value is -1.09. The number of aromatic nitrogens is 1. The van der Waals surface area contributed by atoms with Crippen molar-refractivity contribution >= 4 is 5.82 Å². The molecule has 1 atom stereocenters. The molecule has 72 valence electrons. The van der Waals surface area contributed by atoms with Gasteiger partial charge in [-0.2, -0.15) is 0 Å². The highest BCUT2D eigenvalue weighted by Gasteiger charge is 1.99. The fourth-order valence-corrected chi connectivity index (χ4v) is 1.13. The van der Waals surface area contributed by atoms with E-state index in [-0.39, 0.29) is 0 Å². The third kappa shape index (κ3) is 3.90. The molecule has 0 aliphatic heterocycles. The van der Waals surface area contributed by atoms with Crippen molar-refractivity contribution in [2.75, 3.05) is 18.4 Å². The Bertz CT molecular complexity index is 223. The van der Waals surface area contributed by atoms with Crippen LogP contribution in [0.15, 0.2) is 24.4 Å². The minimum absolute atomic E-state index is 0.604. The molecule has 1 aromatic heterocycles. The summed E-state index contributed by atoms with van der Waals surface area (Å²) >= 11 is 0. The molecule has 1 aromatic rings. The largest absolute Gasteiger partial charge is 0.370 e. The van der Waals surface area contributed by atoms with Crippen LogP contribution in [0, 0.1) is 5.92 Å². The average Bonchev–Trinajstić information content (AvgIpc) is 2.17. The van der Waals surface area contributed by atoms with Gasteiger partial charge in [0.1, 0.15) is 5.82 Å². The maximum atomic E-state index is 5.45. The smallest absolute Gasteiger partial charge is 0.125 e. The quantitative estimate of drug-likeness (QED) is 0.719. The molecule has 0 aromatic carbocycles. The number of hydrogen-bond donors (Lipinski definition) is 2. The third-order valence-corrected chi connectivity index (χ3v) is 1.96. The highest BCUT2D eigenvalue weighted by molar-refractivity contribution is 5.32. The Kier molecular flexibility index (Phi) is 4.26. The lowest BCUT2D eigenvalue weighted by atomic mass is 10.1. The van der Waals surface area contributed by atoms with E-state index in [0.717, 1.165) is 25.3 Å². The van der Waals surface area contributed by atoms with Crippen molar-refractivity contribution in [3.63, 3.8) is 0 Å². The first kappa shape index (κ1) is 9.99. The second-order valence-electron chi connectivity index (χ2n) is 3.28. The number of rotatable bonds is 5. The lowest BCUT2D eigenvalue weighted by molar-refractivity contribution is 0.567. The number of nitrogens with two attached hydrogens (primary N) is 1. The molecule has 0 bridgehead atoms. The molecule has 0 aliphatic rings. The van der Waals surface area contributed by atoms with Crippen LogP contribution in [0.25, 0.3) is 0 Å². The minimum Gasteiger partial charge on any atom is -0.370 e. The van der Waals surface area contributed by atoms with Gasteiger partial charge in [-0.05, 0) is 31.0 Å². The van der Waals surface area contributed by atoms with Crippen LogP contribution < -0.4 is 11.1 Å². The molecule has 3 heteroatoms. The second-order valence-corrected chi connectivity index (χ2v) is 3.28. The summed E-state index contributed by atoms with van der Waals surface area (Å²) in [6.07, 6.45) is 2.84. The first-order valence-electron chi connectivity index (χ1n) is 4.68. The van der Waals surface area contributed by atoms with Gasteiger partial charge in [0.15, 0.2) is 0 Å². The van der Waals surface area contributed by atoms with Gasteiger partial charge in [-0.1, -0.05) is 13.0 Å². The molecule has 0 radical (unpaired) electrons. The van der Waals surface area contributed by atoms with Gasteiger partial charge in [0, 0.05) is 12.7 Å². The third-order valence-electron chi connectivity index (χ3n) is 1.96. The average molecular weight is 179 g/mol. The maximum absolute atomic E-state index is 5.45. The van der Waals surface area contributed by atoms with E-state index in [2.05, 4.69) is 17.2 Å². The van der Waals surface area contributed by atoms with Crippen molar-refractivity contribution in [3.8, 4) is 0 Å². The highest BCUT2D eigenvalue weighted by atomic mass is 15.0. The first-order chi connectivity index (χ1) is 6.33. The van der Waals surface area contributed by atoms with E-state index in [1.165, 1.54) is 0 Å². The van der Waals surface area contributed by atoms with Crippen molar-refractivity contribution < 1.29 is 0 Å². The summed E-state index contributed by atoms with van der Waals surface area (Å²) < 4.78 is 0. The summed E-state index contributed by atoms with van der Waals surface area (Å²) in [5.74, 6) is 1.54. The van der Waals surface area contributed by atoms with Crippen molar-refractivity contribution in [2.24, 2.45) is 11.7 Å². The maximum Gasteiger partial charge on any atom is 0.125 e. The van der Waals surface area contributed by atoms with Gasteiger partial charge in [0.2, 0.25) is 0 Å². The van der Waals surface area contributed by atoms with E-state index < -0.39 is 0 Å². The summed E-state index contributed by atoms with van der Waals surface area (Å²) in [7, 11) is 0. The van der Waals surface area contributed by atoms with Crippen LogP contribution in [-0.2, 0) is 0 Å². The normalized spacial score (nSPS) is 12.5. The van der Waals surface area contributed by atoms with E-state index in [0.29, 0.717) is 5.92 Å². The molecule has 0 spiro atoms. The van der Waals surface area contributed by atoms with E-state index in [4.69, 9.17) is 5.73 Å². The molecule has 1 unspecified atom stereocenters. The number of hydrogen-bond acceptors (Lipinski definition) is 3. The molecular weight excluding hydrogens is 162 g/mol. The lowest BCUT2D eigenvalue weighted by Gasteiger charge is -2.11. The molecule has 0 saturated heterocycles. The Labute approximate surface area is 79.4 Å². The Morgan fingerprint density at radius 3 is 3.00 bits per heavy atom. The summed E-state index contributed by atoms with van der Waals surface area (Å²) in [6, 6.07) is 5.85. The Morgan fingerprint density at radius 1 is 1.54 bits per heavy atom. The van der Waals surface area contributed by atoms with E-state index >= 15 is 0 Å². The van der Waals surface area contributed by atoms with Gasteiger partial charge in [0.05, 0.1) is 0 Å². The molecule has 1 heterocycles. The number of nitrogens with zero attached hydrogens (tertiary/aromatic N) is 1. The Morgan fingerprint density at radius 2 is 2.38 bits per heavy atom. The summed E-state index contributed by atoms with van der Waals surface area (Å²) in [5.41, 5.74) is 5.45. The summed E-state index contributed by atoms with van der Waals surface area (Å²) in [4.78, 5) is 4.17. The van der Waals surface area contributed by atoms with Gasteiger partial charge < -0.3 is 11.1 Å². The van der Waals surface area contributed by atoms with Gasteiger partial charge in [-0.25, -0.2) is 4.98 Å². The second kappa shape index (κ2) is 5.54. The molecule has 0 saturated carbocycles. The monoisotopic (exact) mass is 179 g/mol. The molecule has 0 aliphatic carbocycles. The van der Waals surface area contributed by atoms with Crippen molar-refractivity contribution in [3.05, 3.63) is 24.4 Å². The Balaban J connectivity index is 2.27. The van der Waals surface area contributed by atoms with E-state index in [9.17, 15) is 0 Å². The molecule has 3 nitrogen and oxygen atoms in total. The zero-order valence-electron chi connectivity index (χ0n) is 8.03. The van der Waals surface area contributed by atoms with E-state index in [1.807, 2.05) is 18.2 Å². The van der Waals surface area contributed by atoms with E-state index in [1.54, 1.807) is 6.20 Å². The number of nitrogens with one attached hydrogen (secondary N) is 1. The van der Waals surface area contributed by atoms with Gasteiger partial charge >= 0.3 is 0 Å². The standard InChI is InChI=1S/C10H17N3/c1-9(5-6-11)8-13-10-4-2-3-7-12-10/h2-4,7,9H,5-6,8,11H2,1H3,(H,12,13). The molecule has 0 fully saturated rings. The molecule has 13 heavy (non-hydrogen) atoms. The zero-order chi connectivity index (χ0) is 9.52. The van der Waals surface area contributed by atoms with Crippen LogP contribution in [0.2, 0.25) is 0 Å². The van der Waals surface area contributed by atoms with Crippen LogP contribution in [0.4, 0.5) is 5.82 Å². The van der Waals surface area contributed by atoms with Crippen LogP contribution >= 0.6 is 0 Å². The highest BCUT2D eigenvalue weighted by Crippen LogP contribution is 2.04. The van der Waals surface area contributed by atoms with Crippen molar-refractivity contribution in [2.45, 2.75) is 13.3 Å². The van der Waals surface area contributed by atoms with Gasteiger partial charge in [-0.15, -0.1) is 0 Å². The van der Waals surface area contributed by atoms with Gasteiger partial charge in [-0.3, -0.25) is 0 Å². The number of anilines is 1. The van der Waals surface area contributed by atoms with Crippen LogP contribution in [0.3, 0.4) is 0 Å². The van der Waals surface area contributed by atoms with Crippen LogP contribution in [0.5, 0.6) is 0 Å². The predicted molar refractivity (Wildman–Crippen MR) is 55.6 cm³/mol. The van der Waals surface area contributed by atoms with Gasteiger partial charge in [0.25, 0.3) is 0 Å². The fourth-order valence-electron chi connectivity index (χ4n) is 1.13. The van der Waals surface area contributed by atoms with Crippen LogP contribution in [-0.4, -0.2) is 18.1 Å². The van der Waals surface area contributed by atoms with Crippen LogP contribution in [0.1, 0.15) is 13.3 Å². The molecule has 3 N–H and O–H groups in total. The number of pyridine rings is 1. The first-order valence-corrected chi connectivity index (χ1v) is 4.68. The fraction of sp³-hybridized carbons (Fsp3) is 0.500. The summed E-state index contributed by atoms with van der Waals surface area (Å²) in [6.45, 7) is 3.88. The zero-order valence-corrected chi connectivity index (χ0v) is 8.03. The molecular formula is C10H17N3. The summed E-state index contributed by atoms with van der Waals surface area (Å²) in [5, 5.41) is 3.26. The SMILES string of the molecule is CC(CCN)CNc1ccccn1. The predicted octanol–water partition coefficient (Wildman–Crippen LogP) is 1.48. The lowest BCUT2D eigenvalue weighted by Crippen LogP contribution is -2.15. The van der Waals surface area contributed by atoms with Crippen molar-refractivity contribution in [1.29, 1.82) is 0 Å².